The summed E-state index contributed by atoms with van der Waals surface area (Å²) >= 11 is 6.22. The molecule has 0 atom stereocenters. The molecule has 6 nitrogen and oxygen atoms in total. The number of carbonyl (C=O) groups is 2. The fraction of sp³-hybridized carbons (Fsp3) is 0.500. The van der Waals surface area contributed by atoms with E-state index >= 15 is 0 Å². The summed E-state index contributed by atoms with van der Waals surface area (Å²) in [4.78, 5) is 23.7. The third kappa shape index (κ3) is 5.89. The highest BCUT2D eigenvalue weighted by Gasteiger charge is 2.17. The summed E-state index contributed by atoms with van der Waals surface area (Å²) in [5.41, 5.74) is 0.688. The summed E-state index contributed by atoms with van der Waals surface area (Å²) in [7, 11) is 0. The van der Waals surface area contributed by atoms with Gasteiger partial charge < -0.3 is 19.5 Å². The topological polar surface area (TPSA) is 73.9 Å². The minimum Gasteiger partial charge on any atom is -0.489 e. The minimum absolute atomic E-state index is 0.199. The Hall–Kier alpha value is -2.21. The molecule has 2 aliphatic rings. The van der Waals surface area contributed by atoms with Crippen LogP contribution in [-0.4, -0.2) is 37.7 Å². The van der Waals surface area contributed by atoms with Crippen molar-refractivity contribution in [3.8, 4) is 11.5 Å². The van der Waals surface area contributed by atoms with Gasteiger partial charge in [-0.2, -0.15) is 0 Å². The molecule has 0 aromatic heterocycles. The van der Waals surface area contributed by atoms with Gasteiger partial charge in [0.05, 0.1) is 18.2 Å². The van der Waals surface area contributed by atoms with Gasteiger partial charge in [-0.15, -0.1) is 0 Å². The minimum atomic E-state index is -0.586. The first-order chi connectivity index (χ1) is 13.1. The maximum absolute atomic E-state index is 11.9. The molecule has 1 aromatic carbocycles. The van der Waals surface area contributed by atoms with Crippen LogP contribution in [0.2, 0.25) is 5.02 Å². The molecule has 0 radical (unpaired) electrons. The van der Waals surface area contributed by atoms with Gasteiger partial charge in [0.25, 0.3) is 5.91 Å². The van der Waals surface area contributed by atoms with Crippen molar-refractivity contribution in [3.63, 3.8) is 0 Å². The first kappa shape index (κ1) is 19.5. The Morgan fingerprint density at radius 1 is 1.15 bits per heavy atom. The van der Waals surface area contributed by atoms with Crippen molar-refractivity contribution in [1.82, 2.24) is 5.32 Å². The van der Waals surface area contributed by atoms with Crippen LogP contribution < -0.4 is 14.8 Å². The second kappa shape index (κ2) is 9.65. The number of carbonyl (C=O) groups excluding carboxylic acids is 2. The predicted molar refractivity (Wildman–Crippen MR) is 102 cm³/mol. The number of amides is 1. The second-order valence-electron chi connectivity index (χ2n) is 6.72. The van der Waals surface area contributed by atoms with Crippen LogP contribution in [-0.2, 0) is 14.3 Å². The highest BCUT2D eigenvalue weighted by Crippen LogP contribution is 2.38. The van der Waals surface area contributed by atoms with Crippen LogP contribution in [0.25, 0.3) is 6.08 Å². The average molecular weight is 394 g/mol. The van der Waals surface area contributed by atoms with Crippen LogP contribution in [0.4, 0.5) is 0 Å². The molecular formula is C20H24ClNO5. The average Bonchev–Trinajstić information content (AvgIpc) is 2.91. The zero-order valence-corrected chi connectivity index (χ0v) is 15.9. The largest absolute Gasteiger partial charge is 0.489 e. The molecule has 1 heterocycles. The first-order valence-corrected chi connectivity index (χ1v) is 9.73. The summed E-state index contributed by atoms with van der Waals surface area (Å²) in [6.45, 7) is 0.827. The molecule has 1 fully saturated rings. The molecule has 0 unspecified atom stereocenters. The van der Waals surface area contributed by atoms with E-state index in [4.69, 9.17) is 25.8 Å². The first-order valence-electron chi connectivity index (χ1n) is 9.35. The molecular weight excluding hydrogens is 370 g/mol. The lowest BCUT2D eigenvalue weighted by Gasteiger charge is -2.22. The van der Waals surface area contributed by atoms with Crippen molar-refractivity contribution in [1.29, 1.82) is 0 Å². The molecule has 0 bridgehead atoms. The van der Waals surface area contributed by atoms with Gasteiger partial charge in [0.2, 0.25) is 0 Å². The monoisotopic (exact) mass is 393 g/mol. The van der Waals surface area contributed by atoms with Gasteiger partial charge in [-0.3, -0.25) is 4.79 Å². The van der Waals surface area contributed by atoms with E-state index in [1.807, 2.05) is 0 Å². The Morgan fingerprint density at radius 2 is 1.93 bits per heavy atom. The number of ether oxygens (including phenoxy) is 3. The lowest BCUT2D eigenvalue weighted by Crippen LogP contribution is -2.38. The summed E-state index contributed by atoms with van der Waals surface area (Å²) < 4.78 is 16.2. The highest BCUT2D eigenvalue weighted by atomic mass is 35.5. The van der Waals surface area contributed by atoms with E-state index in [9.17, 15) is 9.59 Å². The lowest BCUT2D eigenvalue weighted by atomic mass is 9.95. The van der Waals surface area contributed by atoms with Gasteiger partial charge in [-0.1, -0.05) is 30.9 Å². The van der Waals surface area contributed by atoms with E-state index in [0.29, 0.717) is 35.3 Å². The van der Waals surface area contributed by atoms with Crippen LogP contribution in [0, 0.1) is 0 Å². The predicted octanol–water partition coefficient (Wildman–Crippen LogP) is 3.51. The van der Waals surface area contributed by atoms with Crippen molar-refractivity contribution in [2.75, 3.05) is 19.8 Å². The van der Waals surface area contributed by atoms with Crippen LogP contribution in [0.3, 0.4) is 0 Å². The van der Waals surface area contributed by atoms with Gasteiger partial charge in [-0.25, -0.2) is 4.79 Å². The smallest absolute Gasteiger partial charge is 0.331 e. The zero-order valence-electron chi connectivity index (χ0n) is 15.2. The molecule has 146 valence electrons. The molecule has 0 spiro atoms. The van der Waals surface area contributed by atoms with Crippen molar-refractivity contribution < 1.29 is 23.8 Å². The van der Waals surface area contributed by atoms with Crippen LogP contribution in [0.5, 0.6) is 11.5 Å². The molecule has 1 aromatic rings. The summed E-state index contributed by atoms with van der Waals surface area (Å²) in [6, 6.07) is 3.64. The molecule has 1 amide bonds. The van der Waals surface area contributed by atoms with E-state index in [2.05, 4.69) is 5.32 Å². The van der Waals surface area contributed by atoms with E-state index in [1.165, 1.54) is 12.5 Å². The number of hydrogen-bond acceptors (Lipinski definition) is 5. The van der Waals surface area contributed by atoms with Crippen molar-refractivity contribution >= 4 is 29.6 Å². The number of esters is 1. The summed E-state index contributed by atoms with van der Waals surface area (Å²) in [6.07, 6.45) is 9.08. The molecule has 0 saturated heterocycles. The Kier molecular flexibility index (Phi) is 6.98. The van der Waals surface area contributed by atoms with Gasteiger partial charge in [0.15, 0.2) is 18.1 Å². The Labute approximate surface area is 163 Å². The van der Waals surface area contributed by atoms with Crippen LogP contribution >= 0.6 is 11.6 Å². The van der Waals surface area contributed by atoms with E-state index < -0.39 is 5.97 Å². The molecule has 1 aliphatic heterocycles. The van der Waals surface area contributed by atoms with Gasteiger partial charge in [0.1, 0.15) is 0 Å². The van der Waals surface area contributed by atoms with Gasteiger partial charge >= 0.3 is 5.97 Å². The standard InChI is InChI=1S/C20H24ClNO5/c21-16-11-14(12-17-20(16)26-10-4-9-25-17)7-8-19(24)27-13-18(23)22-15-5-2-1-3-6-15/h7-8,11-12,15H,1-6,9-10,13H2,(H,22,23). The Bertz CT molecular complexity index is 713. The van der Waals surface area contributed by atoms with E-state index in [-0.39, 0.29) is 18.6 Å². The third-order valence-electron chi connectivity index (χ3n) is 4.55. The number of rotatable bonds is 5. The third-order valence-corrected chi connectivity index (χ3v) is 4.83. The maximum Gasteiger partial charge on any atom is 0.331 e. The highest BCUT2D eigenvalue weighted by molar-refractivity contribution is 6.32. The number of halogens is 1. The molecule has 1 saturated carbocycles. The van der Waals surface area contributed by atoms with Crippen molar-refractivity contribution in [2.45, 2.75) is 44.6 Å². The van der Waals surface area contributed by atoms with Crippen LogP contribution in [0.1, 0.15) is 44.1 Å². The number of benzene rings is 1. The number of fused-ring (bicyclic) bond motifs is 1. The SMILES string of the molecule is O=C(COC(=O)C=Cc1cc(Cl)c2c(c1)OCCCO2)NC1CCCCC1. The van der Waals surface area contributed by atoms with Crippen LogP contribution in [0.15, 0.2) is 18.2 Å². The summed E-state index contributed by atoms with van der Waals surface area (Å²) in [5, 5.41) is 3.33. The quantitative estimate of drug-likeness (QED) is 0.612. The Morgan fingerprint density at radius 3 is 2.74 bits per heavy atom. The zero-order chi connectivity index (χ0) is 19.1. The van der Waals surface area contributed by atoms with Crippen molar-refractivity contribution in [3.05, 3.63) is 28.8 Å². The fourth-order valence-electron chi connectivity index (χ4n) is 3.21. The van der Waals surface area contributed by atoms with Gasteiger partial charge in [-0.05, 0) is 36.6 Å². The fourth-order valence-corrected chi connectivity index (χ4v) is 3.49. The number of hydrogen-bond donors (Lipinski definition) is 1. The lowest BCUT2D eigenvalue weighted by molar-refractivity contribution is -0.144. The van der Waals surface area contributed by atoms with Gasteiger partial charge in [0, 0.05) is 18.5 Å². The molecule has 1 aliphatic carbocycles. The molecule has 3 rings (SSSR count). The maximum atomic E-state index is 11.9. The van der Waals surface area contributed by atoms with E-state index in [1.54, 1.807) is 18.2 Å². The normalized spacial score (nSPS) is 17.4. The number of nitrogens with one attached hydrogen (secondary N) is 1. The molecule has 27 heavy (non-hydrogen) atoms. The van der Waals surface area contributed by atoms with Crippen molar-refractivity contribution in [2.24, 2.45) is 0 Å². The second-order valence-corrected chi connectivity index (χ2v) is 7.13. The molecule has 7 heteroatoms. The summed E-state index contributed by atoms with van der Waals surface area (Å²) in [5.74, 6) is 0.229. The molecule has 1 N–H and O–H groups in total. The Balaban J connectivity index is 1.50. The van der Waals surface area contributed by atoms with E-state index in [0.717, 1.165) is 32.1 Å².